The molecule has 0 aromatic heterocycles. The number of rotatable bonds is 9. The smallest absolute Gasteiger partial charge is 0.407 e. The number of sulfone groups is 1. The number of carboxylic acid groups (broad SMARTS) is 1. The Morgan fingerprint density at radius 1 is 1.18 bits per heavy atom. The van der Waals surface area contributed by atoms with Crippen LogP contribution in [0, 0.1) is 0 Å². The summed E-state index contributed by atoms with van der Waals surface area (Å²) in [6, 6.07) is 9.40. The number of hydrogen-bond donors (Lipinski definition) is 1. The number of hydrogen-bond acceptors (Lipinski definition) is 6. The summed E-state index contributed by atoms with van der Waals surface area (Å²) in [5.74, 6) is 0.185. The highest BCUT2D eigenvalue weighted by Gasteiger charge is 2.25. The van der Waals surface area contributed by atoms with E-state index in [1.165, 1.54) is 0 Å². The van der Waals surface area contributed by atoms with Crippen LogP contribution < -0.4 is 10.4 Å². The van der Waals surface area contributed by atoms with E-state index in [1.54, 1.807) is 13.8 Å². The van der Waals surface area contributed by atoms with E-state index < -0.39 is 27.9 Å². The average Bonchev–Trinajstić information content (AvgIpc) is 2.58. The van der Waals surface area contributed by atoms with Gasteiger partial charge in [0.05, 0.1) is 39.2 Å². The molecule has 1 rings (SSSR count). The maximum absolute atomic E-state index is 12.2. The summed E-state index contributed by atoms with van der Waals surface area (Å²) in [6.45, 7) is 3.85. The van der Waals surface area contributed by atoms with Crippen LogP contribution in [0.3, 0.4) is 0 Å². The molecule has 1 amide bonds. The zero-order valence-corrected chi connectivity index (χ0v) is 18.1. The van der Waals surface area contributed by atoms with Crippen molar-refractivity contribution in [1.29, 1.82) is 0 Å². The lowest BCUT2D eigenvalue weighted by Gasteiger charge is -2.26. The molecule has 8 nitrogen and oxygen atoms in total. The minimum Gasteiger partial charge on any atom is -0.554 e. The van der Waals surface area contributed by atoms with Crippen molar-refractivity contribution < 1.29 is 32.3 Å². The van der Waals surface area contributed by atoms with Gasteiger partial charge in [-0.25, -0.2) is 13.2 Å². The molecule has 0 radical (unpaired) electrons. The standard InChI is InChI=1S/C18H30N2O4S.CH2O2/c1-18(2,11-13-25(22,23)14-12-20(3,4)5)19-17(21)24-15-16-9-7-6-8-10-16;2-1-3/h6-10H,11-15H2,1-5H3;1H,(H,2,3). The molecule has 0 spiro atoms. The maximum Gasteiger partial charge on any atom is 0.407 e. The van der Waals surface area contributed by atoms with E-state index in [0.717, 1.165) is 5.56 Å². The largest absolute Gasteiger partial charge is 0.554 e. The number of amides is 1. The van der Waals surface area contributed by atoms with Crippen LogP contribution >= 0.6 is 0 Å². The summed E-state index contributed by atoms with van der Waals surface area (Å²) < 4.78 is 30.1. The molecular formula is C19H32N2O6S. The van der Waals surface area contributed by atoms with Crippen LogP contribution in [0.2, 0.25) is 0 Å². The molecule has 0 unspecified atom stereocenters. The fourth-order valence-corrected chi connectivity index (χ4v) is 3.87. The zero-order valence-electron chi connectivity index (χ0n) is 17.3. The molecule has 0 aliphatic heterocycles. The van der Waals surface area contributed by atoms with E-state index in [2.05, 4.69) is 5.32 Å². The molecule has 28 heavy (non-hydrogen) atoms. The van der Waals surface area contributed by atoms with Crippen LogP contribution in [0.15, 0.2) is 30.3 Å². The molecule has 160 valence electrons. The van der Waals surface area contributed by atoms with Crippen molar-refractivity contribution in [1.82, 2.24) is 5.32 Å². The SMILES string of the molecule is CC(C)(CCS(=O)(=O)CC[N+](C)(C)C)NC(=O)OCc1ccccc1.O=C[O-]. The number of carbonyl (C=O) groups is 2. The van der Waals surface area contributed by atoms with Gasteiger partial charge in [-0.3, -0.25) is 0 Å². The summed E-state index contributed by atoms with van der Waals surface area (Å²) >= 11 is 0. The molecule has 1 N–H and O–H groups in total. The van der Waals surface area contributed by atoms with Gasteiger partial charge in [0.25, 0.3) is 0 Å². The number of ether oxygens (including phenoxy) is 1. The second-order valence-corrected chi connectivity index (χ2v) is 10.4. The first-order valence-electron chi connectivity index (χ1n) is 8.85. The van der Waals surface area contributed by atoms with Gasteiger partial charge >= 0.3 is 6.09 Å². The summed E-state index contributed by atoms with van der Waals surface area (Å²) in [7, 11) is 2.74. The molecule has 0 aliphatic carbocycles. The Labute approximate surface area is 168 Å². The molecule has 0 atom stereocenters. The highest BCUT2D eigenvalue weighted by molar-refractivity contribution is 7.91. The third kappa shape index (κ3) is 14.0. The van der Waals surface area contributed by atoms with E-state index in [1.807, 2.05) is 51.5 Å². The second kappa shape index (κ2) is 11.7. The monoisotopic (exact) mass is 416 g/mol. The molecule has 1 aromatic rings. The average molecular weight is 417 g/mol. The van der Waals surface area contributed by atoms with Crippen molar-refractivity contribution in [3.05, 3.63) is 35.9 Å². The number of quaternary nitrogens is 1. The Balaban J connectivity index is 0.00000227. The maximum atomic E-state index is 12.2. The van der Waals surface area contributed by atoms with E-state index in [9.17, 15) is 13.2 Å². The third-order valence-corrected chi connectivity index (χ3v) is 5.40. The molecule has 0 saturated carbocycles. The molecular weight excluding hydrogens is 384 g/mol. The summed E-state index contributed by atoms with van der Waals surface area (Å²) in [4.78, 5) is 20.2. The van der Waals surface area contributed by atoms with Crippen LogP contribution in [0.25, 0.3) is 0 Å². The van der Waals surface area contributed by atoms with Gasteiger partial charge in [-0.15, -0.1) is 0 Å². The van der Waals surface area contributed by atoms with Gasteiger partial charge in [-0.1, -0.05) is 30.3 Å². The minimum absolute atomic E-state index is 0.0406. The van der Waals surface area contributed by atoms with E-state index in [-0.39, 0.29) is 18.1 Å². The fourth-order valence-electron chi connectivity index (χ4n) is 2.02. The van der Waals surface area contributed by atoms with Gasteiger partial charge in [0.1, 0.15) is 6.61 Å². The minimum atomic E-state index is -3.15. The number of nitrogens with one attached hydrogen (secondary N) is 1. The van der Waals surface area contributed by atoms with Crippen LogP contribution in [-0.2, 0) is 26.0 Å². The van der Waals surface area contributed by atoms with Crippen LogP contribution in [0.1, 0.15) is 25.8 Å². The van der Waals surface area contributed by atoms with Crippen LogP contribution in [-0.4, -0.2) is 70.2 Å². The van der Waals surface area contributed by atoms with Gasteiger partial charge in [0.15, 0.2) is 9.84 Å². The summed E-state index contributed by atoms with van der Waals surface area (Å²) in [5.41, 5.74) is 0.246. The Bertz CT molecular complexity index is 697. The normalized spacial score (nSPS) is 11.8. The first-order valence-corrected chi connectivity index (χ1v) is 10.7. The number of alkyl carbamates (subject to hydrolysis) is 1. The van der Waals surface area contributed by atoms with Gasteiger partial charge in [0.2, 0.25) is 0 Å². The molecule has 0 heterocycles. The van der Waals surface area contributed by atoms with Crippen molar-refractivity contribution in [2.24, 2.45) is 0 Å². The first-order chi connectivity index (χ1) is 12.8. The highest BCUT2D eigenvalue weighted by Crippen LogP contribution is 2.12. The van der Waals surface area contributed by atoms with Crippen molar-refractivity contribution in [2.75, 3.05) is 39.2 Å². The topological polar surface area (TPSA) is 113 Å². The van der Waals surface area contributed by atoms with Crippen molar-refractivity contribution in [3.8, 4) is 0 Å². The lowest BCUT2D eigenvalue weighted by atomic mass is 10.0. The lowest BCUT2D eigenvalue weighted by molar-refractivity contribution is -0.867. The number of carbonyl (C=O) groups excluding carboxylic acids is 2. The van der Waals surface area contributed by atoms with Crippen molar-refractivity contribution in [2.45, 2.75) is 32.4 Å². The van der Waals surface area contributed by atoms with Gasteiger partial charge in [-0.2, -0.15) is 0 Å². The number of benzene rings is 1. The Kier molecular flexibility index (Phi) is 10.8. The fraction of sp³-hybridized carbons (Fsp3) is 0.579. The Morgan fingerprint density at radius 2 is 1.71 bits per heavy atom. The molecule has 1 aromatic carbocycles. The molecule has 0 fully saturated rings. The van der Waals surface area contributed by atoms with Crippen LogP contribution in [0.4, 0.5) is 4.79 Å². The second-order valence-electron chi connectivity index (χ2n) is 8.08. The highest BCUT2D eigenvalue weighted by atomic mass is 32.2. The van der Waals surface area contributed by atoms with Crippen molar-refractivity contribution in [3.63, 3.8) is 0 Å². The van der Waals surface area contributed by atoms with Gasteiger partial charge in [-0.05, 0) is 25.8 Å². The van der Waals surface area contributed by atoms with Crippen LogP contribution in [0.5, 0.6) is 0 Å². The lowest BCUT2D eigenvalue weighted by Crippen LogP contribution is -2.45. The molecule has 9 heteroatoms. The summed E-state index contributed by atoms with van der Waals surface area (Å²) in [6.07, 6.45) is -0.204. The predicted molar refractivity (Wildman–Crippen MR) is 106 cm³/mol. The Morgan fingerprint density at radius 3 is 2.21 bits per heavy atom. The van der Waals surface area contributed by atoms with Gasteiger partial charge in [0, 0.05) is 12.0 Å². The third-order valence-electron chi connectivity index (χ3n) is 3.76. The quantitative estimate of drug-likeness (QED) is 0.465. The number of nitrogens with zero attached hydrogens (tertiary/aromatic N) is 1. The predicted octanol–water partition coefficient (Wildman–Crippen LogP) is 0.569. The first kappa shape index (κ1) is 25.9. The zero-order chi connectivity index (χ0) is 21.8. The van der Waals surface area contributed by atoms with Gasteiger partial charge < -0.3 is 24.4 Å². The van der Waals surface area contributed by atoms with E-state index in [0.29, 0.717) is 17.4 Å². The van der Waals surface area contributed by atoms with E-state index in [4.69, 9.17) is 14.6 Å². The molecule has 0 saturated heterocycles. The Hall–Kier alpha value is -2.13. The summed E-state index contributed by atoms with van der Waals surface area (Å²) in [5, 5.41) is 11.0. The molecule has 0 aliphatic rings. The molecule has 0 bridgehead atoms. The van der Waals surface area contributed by atoms with E-state index >= 15 is 0 Å². The van der Waals surface area contributed by atoms with Crippen molar-refractivity contribution >= 4 is 22.4 Å².